The van der Waals surface area contributed by atoms with Crippen LogP contribution in [0, 0.1) is 5.41 Å². The molecule has 0 aliphatic heterocycles. The highest BCUT2D eigenvalue weighted by molar-refractivity contribution is 5.65. The minimum Gasteiger partial charge on any atom is -0.394 e. The normalized spacial score (nSPS) is 13.9. The smallest absolute Gasteiger partial charge is 0.147 e. The van der Waals surface area contributed by atoms with Crippen LogP contribution in [0.25, 0.3) is 0 Å². The van der Waals surface area contributed by atoms with Crippen molar-refractivity contribution < 1.29 is 5.11 Å². The summed E-state index contributed by atoms with van der Waals surface area (Å²) in [5.41, 5.74) is 7.78. The van der Waals surface area contributed by atoms with Gasteiger partial charge in [0.1, 0.15) is 5.82 Å². The summed E-state index contributed by atoms with van der Waals surface area (Å²) in [6.45, 7) is 11.0. The fraction of sp³-hybridized carbons (Fsp3) is 0.786. The molecular formula is C14H28N4O. The molecule has 0 saturated carbocycles. The van der Waals surface area contributed by atoms with E-state index in [0.717, 1.165) is 17.9 Å². The molecule has 1 aromatic rings. The van der Waals surface area contributed by atoms with Gasteiger partial charge in [0, 0.05) is 13.6 Å². The second-order valence-corrected chi connectivity index (χ2v) is 6.73. The Labute approximate surface area is 116 Å². The van der Waals surface area contributed by atoms with Crippen LogP contribution in [0.2, 0.25) is 0 Å². The second kappa shape index (κ2) is 5.82. The minimum absolute atomic E-state index is 0.113. The Morgan fingerprint density at radius 2 is 1.95 bits per heavy atom. The van der Waals surface area contributed by atoms with Crippen molar-refractivity contribution in [3.63, 3.8) is 0 Å². The molecule has 4 N–H and O–H groups in total. The fourth-order valence-electron chi connectivity index (χ4n) is 2.19. The highest BCUT2D eigenvalue weighted by Gasteiger charge is 2.19. The predicted molar refractivity (Wildman–Crippen MR) is 80.3 cm³/mol. The number of hydrogen-bond acceptors (Lipinski definition) is 4. The van der Waals surface area contributed by atoms with Gasteiger partial charge in [0.15, 0.2) is 0 Å². The summed E-state index contributed by atoms with van der Waals surface area (Å²) in [5.74, 6) is 1.08. The van der Waals surface area contributed by atoms with Gasteiger partial charge in [-0.3, -0.25) is 4.68 Å². The van der Waals surface area contributed by atoms with E-state index < -0.39 is 6.10 Å². The molecule has 0 radical (unpaired) electrons. The van der Waals surface area contributed by atoms with Gasteiger partial charge >= 0.3 is 0 Å². The van der Waals surface area contributed by atoms with Gasteiger partial charge in [-0.1, -0.05) is 34.6 Å². The molecule has 0 amide bonds. The van der Waals surface area contributed by atoms with Crippen LogP contribution in [0.1, 0.15) is 52.7 Å². The Morgan fingerprint density at radius 1 is 1.37 bits per heavy atom. The topological polar surface area (TPSA) is 76.1 Å². The molecule has 0 aliphatic rings. The number of nitrogens with two attached hydrogens (primary N) is 1. The average molecular weight is 268 g/mol. The van der Waals surface area contributed by atoms with Gasteiger partial charge in [-0.2, -0.15) is 5.10 Å². The molecule has 1 aromatic heterocycles. The van der Waals surface area contributed by atoms with Crippen molar-refractivity contribution in [3.05, 3.63) is 5.69 Å². The van der Waals surface area contributed by atoms with E-state index in [2.05, 4.69) is 45.0 Å². The third kappa shape index (κ3) is 4.42. The van der Waals surface area contributed by atoms with Crippen molar-refractivity contribution >= 4 is 11.5 Å². The molecule has 110 valence electrons. The summed E-state index contributed by atoms with van der Waals surface area (Å²) >= 11 is 0. The third-order valence-electron chi connectivity index (χ3n) is 3.01. The first-order valence-corrected chi connectivity index (χ1v) is 6.86. The standard InChI is InChI=1S/C14H28N4O/c1-9(2)12-11(15)13(18(6)17-12)16-8-10(19)7-14(3,4)5/h9-10,16,19H,7-8,15H2,1-6H3. The molecule has 0 spiro atoms. The Bertz CT molecular complexity index is 418. The van der Waals surface area contributed by atoms with Gasteiger partial charge < -0.3 is 16.2 Å². The predicted octanol–water partition coefficient (Wildman–Crippen LogP) is 2.33. The molecule has 0 fully saturated rings. The lowest BCUT2D eigenvalue weighted by molar-refractivity contribution is 0.132. The summed E-state index contributed by atoms with van der Waals surface area (Å²) in [6.07, 6.45) is 0.353. The van der Waals surface area contributed by atoms with E-state index in [1.165, 1.54) is 0 Å². The fourth-order valence-corrected chi connectivity index (χ4v) is 2.19. The van der Waals surface area contributed by atoms with Gasteiger partial charge in [0.05, 0.1) is 17.5 Å². The maximum absolute atomic E-state index is 10.0. The maximum atomic E-state index is 10.0. The van der Waals surface area contributed by atoms with Crippen LogP contribution in [0.5, 0.6) is 0 Å². The molecule has 1 atom stereocenters. The van der Waals surface area contributed by atoms with E-state index in [1.807, 2.05) is 7.05 Å². The molecule has 5 heteroatoms. The molecular weight excluding hydrogens is 240 g/mol. The van der Waals surface area contributed by atoms with E-state index in [9.17, 15) is 5.11 Å². The zero-order valence-electron chi connectivity index (χ0n) is 13.0. The maximum Gasteiger partial charge on any atom is 0.147 e. The van der Waals surface area contributed by atoms with Crippen molar-refractivity contribution in [2.75, 3.05) is 17.6 Å². The average Bonchev–Trinajstić information content (AvgIpc) is 2.49. The van der Waals surface area contributed by atoms with Gasteiger partial charge in [-0.15, -0.1) is 0 Å². The number of nitrogens with zero attached hydrogens (tertiary/aromatic N) is 2. The quantitative estimate of drug-likeness (QED) is 0.766. The lowest BCUT2D eigenvalue weighted by atomic mass is 9.89. The number of hydrogen-bond donors (Lipinski definition) is 3. The number of nitrogens with one attached hydrogen (secondary N) is 1. The summed E-state index contributed by atoms with van der Waals surface area (Å²) in [5, 5.41) is 17.6. The molecule has 0 aromatic carbocycles. The van der Waals surface area contributed by atoms with Crippen LogP contribution < -0.4 is 11.1 Å². The van der Waals surface area contributed by atoms with Crippen LogP contribution in [0.3, 0.4) is 0 Å². The molecule has 1 rings (SSSR count). The summed E-state index contributed by atoms with van der Waals surface area (Å²) in [6, 6.07) is 0. The van der Waals surface area contributed by atoms with Crippen molar-refractivity contribution in [1.29, 1.82) is 0 Å². The van der Waals surface area contributed by atoms with E-state index >= 15 is 0 Å². The van der Waals surface area contributed by atoms with Crippen LogP contribution >= 0.6 is 0 Å². The van der Waals surface area contributed by atoms with E-state index in [1.54, 1.807) is 4.68 Å². The first-order valence-electron chi connectivity index (χ1n) is 6.86. The Kier molecular flexibility index (Phi) is 4.85. The Morgan fingerprint density at radius 3 is 2.37 bits per heavy atom. The first-order chi connectivity index (χ1) is 8.61. The molecule has 5 nitrogen and oxygen atoms in total. The third-order valence-corrected chi connectivity index (χ3v) is 3.01. The number of aliphatic hydroxyl groups is 1. The first kappa shape index (κ1) is 15.8. The number of nitrogen functional groups attached to an aromatic ring is 1. The Balaban J connectivity index is 2.68. The van der Waals surface area contributed by atoms with Crippen LogP contribution in [-0.4, -0.2) is 27.5 Å². The number of rotatable bonds is 5. The number of aromatic nitrogens is 2. The van der Waals surface area contributed by atoms with Crippen LogP contribution in [0.4, 0.5) is 11.5 Å². The molecule has 0 bridgehead atoms. The number of aryl methyl sites for hydroxylation is 1. The molecule has 0 saturated heterocycles. The van der Waals surface area contributed by atoms with Crippen molar-refractivity contribution in [2.24, 2.45) is 12.5 Å². The zero-order valence-corrected chi connectivity index (χ0v) is 13.0. The summed E-state index contributed by atoms with van der Waals surface area (Å²) in [7, 11) is 1.86. The monoisotopic (exact) mass is 268 g/mol. The summed E-state index contributed by atoms with van der Waals surface area (Å²) in [4.78, 5) is 0. The molecule has 0 aliphatic carbocycles. The van der Waals surface area contributed by atoms with E-state index in [4.69, 9.17) is 5.73 Å². The molecule has 1 unspecified atom stereocenters. The number of anilines is 2. The van der Waals surface area contributed by atoms with Gasteiger partial charge in [-0.25, -0.2) is 0 Å². The van der Waals surface area contributed by atoms with Gasteiger partial charge in [-0.05, 0) is 17.8 Å². The van der Waals surface area contributed by atoms with Gasteiger partial charge in [0.25, 0.3) is 0 Å². The highest BCUT2D eigenvalue weighted by atomic mass is 16.3. The van der Waals surface area contributed by atoms with Crippen LogP contribution in [0.15, 0.2) is 0 Å². The Hall–Kier alpha value is -1.23. The van der Waals surface area contributed by atoms with E-state index in [-0.39, 0.29) is 5.41 Å². The SMILES string of the molecule is CC(C)c1nn(C)c(NCC(O)CC(C)(C)C)c1N. The van der Waals surface area contributed by atoms with Crippen molar-refractivity contribution in [2.45, 2.75) is 53.1 Å². The van der Waals surface area contributed by atoms with Gasteiger partial charge in [0.2, 0.25) is 0 Å². The van der Waals surface area contributed by atoms with Crippen molar-refractivity contribution in [1.82, 2.24) is 9.78 Å². The lowest BCUT2D eigenvalue weighted by Gasteiger charge is -2.22. The zero-order chi connectivity index (χ0) is 14.8. The largest absolute Gasteiger partial charge is 0.394 e. The summed E-state index contributed by atoms with van der Waals surface area (Å²) < 4.78 is 1.74. The minimum atomic E-state index is -0.392. The van der Waals surface area contributed by atoms with Crippen LogP contribution in [-0.2, 0) is 7.05 Å². The lowest BCUT2D eigenvalue weighted by Crippen LogP contribution is -2.26. The number of aliphatic hydroxyl groups excluding tert-OH is 1. The highest BCUT2D eigenvalue weighted by Crippen LogP contribution is 2.28. The van der Waals surface area contributed by atoms with Crippen molar-refractivity contribution in [3.8, 4) is 0 Å². The molecule has 1 heterocycles. The molecule has 19 heavy (non-hydrogen) atoms. The second-order valence-electron chi connectivity index (χ2n) is 6.73. The van der Waals surface area contributed by atoms with E-state index in [0.29, 0.717) is 18.2 Å².